The third-order valence-corrected chi connectivity index (χ3v) is 4.18. The van der Waals surface area contributed by atoms with Gasteiger partial charge >= 0.3 is 6.09 Å². The fourth-order valence-electron chi connectivity index (χ4n) is 2.79. The Labute approximate surface area is 147 Å². The Morgan fingerprint density at radius 2 is 1.64 bits per heavy atom. The molecule has 0 spiro atoms. The van der Waals surface area contributed by atoms with Gasteiger partial charge in [-0.3, -0.25) is 9.78 Å². The first kappa shape index (κ1) is 17.0. The Morgan fingerprint density at radius 3 is 2.24 bits per heavy atom. The summed E-state index contributed by atoms with van der Waals surface area (Å²) >= 11 is 0. The summed E-state index contributed by atoms with van der Waals surface area (Å²) in [4.78, 5) is 31.9. The number of carbonyl (C=O) groups excluding carboxylic acids is 2. The number of hydrogen-bond acceptors (Lipinski definition) is 4. The SMILES string of the molecule is CCOC(=O)N1CCN(C(=O)c2ccc(-c3ccccc3)cn2)CC1. The minimum Gasteiger partial charge on any atom is -0.450 e. The van der Waals surface area contributed by atoms with E-state index in [1.165, 1.54) is 0 Å². The van der Waals surface area contributed by atoms with E-state index in [0.717, 1.165) is 11.1 Å². The first-order chi connectivity index (χ1) is 12.2. The predicted octanol–water partition coefficient (Wildman–Crippen LogP) is 2.66. The standard InChI is InChI=1S/C19H21N3O3/c1-2-25-19(24)22-12-10-21(11-13-22)18(23)17-9-8-16(14-20-17)15-6-4-3-5-7-15/h3-9,14H,2,10-13H2,1H3. The lowest BCUT2D eigenvalue weighted by atomic mass is 10.1. The largest absolute Gasteiger partial charge is 0.450 e. The van der Waals surface area contributed by atoms with Crippen molar-refractivity contribution in [3.63, 3.8) is 0 Å². The zero-order valence-corrected chi connectivity index (χ0v) is 14.2. The predicted molar refractivity (Wildman–Crippen MR) is 94.2 cm³/mol. The van der Waals surface area contributed by atoms with Gasteiger partial charge in [0.2, 0.25) is 0 Å². The Balaban J connectivity index is 1.61. The highest BCUT2D eigenvalue weighted by atomic mass is 16.6. The number of amides is 2. The van der Waals surface area contributed by atoms with Gasteiger partial charge < -0.3 is 14.5 Å². The van der Waals surface area contributed by atoms with Gasteiger partial charge in [0.1, 0.15) is 5.69 Å². The van der Waals surface area contributed by atoms with Crippen molar-refractivity contribution < 1.29 is 14.3 Å². The topological polar surface area (TPSA) is 62.7 Å². The van der Waals surface area contributed by atoms with Crippen LogP contribution in [0.2, 0.25) is 0 Å². The van der Waals surface area contributed by atoms with Crippen molar-refractivity contribution in [2.24, 2.45) is 0 Å². The number of nitrogens with zero attached hydrogens (tertiary/aromatic N) is 3. The minimum absolute atomic E-state index is 0.108. The van der Waals surface area contributed by atoms with E-state index in [2.05, 4.69) is 4.98 Å². The van der Waals surface area contributed by atoms with Crippen LogP contribution < -0.4 is 0 Å². The van der Waals surface area contributed by atoms with Crippen LogP contribution in [-0.2, 0) is 4.74 Å². The normalized spacial score (nSPS) is 14.3. The molecule has 1 aliphatic heterocycles. The molecule has 6 nitrogen and oxygen atoms in total. The van der Waals surface area contributed by atoms with Crippen molar-refractivity contribution in [3.05, 3.63) is 54.4 Å². The summed E-state index contributed by atoms with van der Waals surface area (Å²) < 4.78 is 4.99. The monoisotopic (exact) mass is 339 g/mol. The van der Waals surface area contributed by atoms with Crippen LogP contribution >= 0.6 is 0 Å². The molecule has 130 valence electrons. The number of rotatable bonds is 3. The van der Waals surface area contributed by atoms with E-state index in [1.54, 1.807) is 29.0 Å². The van der Waals surface area contributed by atoms with Crippen molar-refractivity contribution in [1.29, 1.82) is 0 Å². The first-order valence-electron chi connectivity index (χ1n) is 8.41. The van der Waals surface area contributed by atoms with Crippen molar-refractivity contribution in [3.8, 4) is 11.1 Å². The van der Waals surface area contributed by atoms with Gasteiger partial charge in [-0.1, -0.05) is 36.4 Å². The van der Waals surface area contributed by atoms with Crippen LogP contribution in [0.25, 0.3) is 11.1 Å². The van der Waals surface area contributed by atoms with E-state index in [0.29, 0.717) is 38.5 Å². The van der Waals surface area contributed by atoms with Gasteiger partial charge in [-0.2, -0.15) is 0 Å². The van der Waals surface area contributed by atoms with E-state index in [1.807, 2.05) is 36.4 Å². The van der Waals surface area contributed by atoms with Crippen molar-refractivity contribution in [2.45, 2.75) is 6.92 Å². The van der Waals surface area contributed by atoms with E-state index in [-0.39, 0.29) is 12.0 Å². The maximum absolute atomic E-state index is 12.6. The summed E-state index contributed by atoms with van der Waals surface area (Å²) in [7, 11) is 0. The lowest BCUT2D eigenvalue weighted by molar-refractivity contribution is 0.0566. The molecule has 2 heterocycles. The molecular weight excluding hydrogens is 318 g/mol. The maximum Gasteiger partial charge on any atom is 0.409 e. The smallest absolute Gasteiger partial charge is 0.409 e. The van der Waals surface area contributed by atoms with Crippen molar-refractivity contribution >= 4 is 12.0 Å². The number of ether oxygens (including phenoxy) is 1. The lowest BCUT2D eigenvalue weighted by Gasteiger charge is -2.33. The second-order valence-corrected chi connectivity index (χ2v) is 5.78. The second kappa shape index (κ2) is 7.79. The molecular formula is C19H21N3O3. The summed E-state index contributed by atoms with van der Waals surface area (Å²) in [6.07, 6.45) is 1.40. The van der Waals surface area contributed by atoms with E-state index >= 15 is 0 Å². The molecule has 0 N–H and O–H groups in total. The molecule has 1 fully saturated rings. The lowest BCUT2D eigenvalue weighted by Crippen LogP contribution is -2.50. The van der Waals surface area contributed by atoms with Crippen LogP contribution in [0.4, 0.5) is 4.79 Å². The molecule has 1 aliphatic rings. The Hall–Kier alpha value is -2.89. The molecule has 0 atom stereocenters. The van der Waals surface area contributed by atoms with Crippen LogP contribution in [0.5, 0.6) is 0 Å². The Kier molecular flexibility index (Phi) is 5.28. The molecule has 3 rings (SSSR count). The molecule has 0 aliphatic carbocycles. The van der Waals surface area contributed by atoms with Crippen LogP contribution in [0.15, 0.2) is 48.7 Å². The summed E-state index contributed by atoms with van der Waals surface area (Å²) in [5.74, 6) is -0.108. The first-order valence-corrected chi connectivity index (χ1v) is 8.41. The summed E-state index contributed by atoms with van der Waals surface area (Å²) in [5, 5.41) is 0. The summed E-state index contributed by atoms with van der Waals surface area (Å²) in [6, 6.07) is 13.6. The quantitative estimate of drug-likeness (QED) is 0.862. The Bertz CT molecular complexity index is 723. The molecule has 2 amide bonds. The fourth-order valence-corrected chi connectivity index (χ4v) is 2.79. The molecule has 0 unspecified atom stereocenters. The van der Waals surface area contributed by atoms with Gasteiger partial charge in [-0.25, -0.2) is 4.79 Å². The van der Waals surface area contributed by atoms with Crippen LogP contribution in [0.3, 0.4) is 0 Å². The minimum atomic E-state index is -0.320. The molecule has 6 heteroatoms. The van der Waals surface area contributed by atoms with Crippen LogP contribution in [0.1, 0.15) is 17.4 Å². The molecule has 1 aromatic carbocycles. The Morgan fingerprint density at radius 1 is 0.960 bits per heavy atom. The molecule has 2 aromatic rings. The number of benzene rings is 1. The van der Waals surface area contributed by atoms with Crippen LogP contribution in [0, 0.1) is 0 Å². The summed E-state index contributed by atoms with van der Waals surface area (Å²) in [5.41, 5.74) is 2.46. The number of hydrogen-bond donors (Lipinski definition) is 0. The fraction of sp³-hybridized carbons (Fsp3) is 0.316. The average Bonchev–Trinajstić information content (AvgIpc) is 2.68. The van der Waals surface area contributed by atoms with Gasteiger partial charge in [-0.15, -0.1) is 0 Å². The van der Waals surface area contributed by atoms with Crippen molar-refractivity contribution in [2.75, 3.05) is 32.8 Å². The van der Waals surface area contributed by atoms with Gasteiger partial charge in [-0.05, 0) is 18.6 Å². The highest BCUT2D eigenvalue weighted by molar-refractivity contribution is 5.92. The molecule has 1 aromatic heterocycles. The van der Waals surface area contributed by atoms with Crippen LogP contribution in [-0.4, -0.2) is 59.6 Å². The highest BCUT2D eigenvalue weighted by Crippen LogP contribution is 2.18. The molecule has 0 radical (unpaired) electrons. The zero-order chi connectivity index (χ0) is 17.6. The van der Waals surface area contributed by atoms with Gasteiger partial charge in [0.15, 0.2) is 0 Å². The van der Waals surface area contributed by atoms with E-state index < -0.39 is 0 Å². The number of carbonyl (C=O) groups is 2. The molecule has 25 heavy (non-hydrogen) atoms. The molecule has 1 saturated heterocycles. The molecule has 0 saturated carbocycles. The number of aromatic nitrogens is 1. The van der Waals surface area contributed by atoms with E-state index in [9.17, 15) is 9.59 Å². The van der Waals surface area contributed by atoms with Gasteiger partial charge in [0.25, 0.3) is 5.91 Å². The maximum atomic E-state index is 12.6. The van der Waals surface area contributed by atoms with Gasteiger partial charge in [0.05, 0.1) is 6.61 Å². The average molecular weight is 339 g/mol. The zero-order valence-electron chi connectivity index (χ0n) is 14.2. The third kappa shape index (κ3) is 3.96. The van der Waals surface area contributed by atoms with Crippen molar-refractivity contribution in [1.82, 2.24) is 14.8 Å². The van der Waals surface area contributed by atoms with E-state index in [4.69, 9.17) is 4.74 Å². The second-order valence-electron chi connectivity index (χ2n) is 5.78. The highest BCUT2D eigenvalue weighted by Gasteiger charge is 2.26. The van der Waals surface area contributed by atoms with Gasteiger partial charge in [0, 0.05) is 37.9 Å². The number of piperazine rings is 1. The molecule has 0 bridgehead atoms. The summed E-state index contributed by atoms with van der Waals surface area (Å²) in [6.45, 7) is 4.07. The third-order valence-electron chi connectivity index (χ3n) is 4.18. The number of pyridine rings is 1.